The van der Waals surface area contributed by atoms with Gasteiger partial charge in [0.15, 0.2) is 0 Å². The molecule has 1 fully saturated rings. The molecule has 2 N–H and O–H groups in total. The fraction of sp³-hybridized carbons (Fsp3) is 0.923. The van der Waals surface area contributed by atoms with Crippen molar-refractivity contribution < 1.29 is 9.53 Å². The Kier molecular flexibility index (Phi) is 5.92. The minimum absolute atomic E-state index is 0.0458. The first-order valence-corrected chi connectivity index (χ1v) is 6.65. The summed E-state index contributed by atoms with van der Waals surface area (Å²) in [7, 11) is 1.45. The lowest BCUT2D eigenvalue weighted by atomic mass is 9.90. The Hall–Kier alpha value is -0.610. The topological polar surface area (TPSA) is 55.6 Å². The Labute approximate surface area is 104 Å². The summed E-state index contributed by atoms with van der Waals surface area (Å²) >= 11 is 0. The summed E-state index contributed by atoms with van der Waals surface area (Å²) in [6.45, 7) is 5.87. The number of ether oxygens (including phenoxy) is 1. The van der Waals surface area contributed by atoms with E-state index in [1.165, 1.54) is 7.11 Å². The van der Waals surface area contributed by atoms with Gasteiger partial charge in [-0.15, -0.1) is 0 Å². The molecular formula is C13H26N2O2. The van der Waals surface area contributed by atoms with E-state index < -0.39 is 0 Å². The number of nitrogens with two attached hydrogens (primary N) is 1. The van der Waals surface area contributed by atoms with E-state index in [1.54, 1.807) is 0 Å². The highest BCUT2D eigenvalue weighted by atomic mass is 16.5. The largest absolute Gasteiger partial charge is 0.469 e. The van der Waals surface area contributed by atoms with Gasteiger partial charge in [0, 0.05) is 18.6 Å². The number of esters is 1. The molecule has 0 aromatic rings. The molecule has 4 nitrogen and oxygen atoms in total. The van der Waals surface area contributed by atoms with E-state index >= 15 is 0 Å². The van der Waals surface area contributed by atoms with Crippen molar-refractivity contribution in [2.24, 2.45) is 11.7 Å². The van der Waals surface area contributed by atoms with Gasteiger partial charge in [-0.25, -0.2) is 0 Å². The maximum Gasteiger partial charge on any atom is 0.309 e. The van der Waals surface area contributed by atoms with Gasteiger partial charge in [0.2, 0.25) is 0 Å². The molecule has 0 saturated heterocycles. The normalized spacial score (nSPS) is 26.9. The maximum atomic E-state index is 11.4. The van der Waals surface area contributed by atoms with Gasteiger partial charge >= 0.3 is 5.97 Å². The molecule has 1 rings (SSSR count). The zero-order valence-corrected chi connectivity index (χ0v) is 11.3. The van der Waals surface area contributed by atoms with E-state index in [0.29, 0.717) is 12.1 Å². The van der Waals surface area contributed by atoms with Gasteiger partial charge in [-0.05, 0) is 32.2 Å². The maximum absolute atomic E-state index is 11.4. The van der Waals surface area contributed by atoms with Crippen LogP contribution in [0.4, 0.5) is 0 Å². The van der Waals surface area contributed by atoms with E-state index in [-0.39, 0.29) is 11.9 Å². The highest BCUT2D eigenvalue weighted by Gasteiger charge is 2.26. The summed E-state index contributed by atoms with van der Waals surface area (Å²) in [4.78, 5) is 13.8. The molecule has 1 aliphatic rings. The summed E-state index contributed by atoms with van der Waals surface area (Å²) in [5.74, 6) is -0.161. The number of carbonyl (C=O) groups excluding carboxylic acids is 1. The van der Waals surface area contributed by atoms with E-state index in [1.807, 2.05) is 6.92 Å². The third-order valence-electron chi connectivity index (χ3n) is 3.78. The second-order valence-electron chi connectivity index (χ2n) is 5.08. The predicted octanol–water partition coefficient (Wildman–Crippen LogP) is 1.39. The lowest BCUT2D eigenvalue weighted by Gasteiger charge is -2.36. The van der Waals surface area contributed by atoms with Gasteiger partial charge in [0.25, 0.3) is 0 Å². The zero-order valence-electron chi connectivity index (χ0n) is 11.3. The Morgan fingerprint density at radius 3 is 2.47 bits per heavy atom. The van der Waals surface area contributed by atoms with Crippen LogP contribution in [0.15, 0.2) is 0 Å². The van der Waals surface area contributed by atoms with Crippen molar-refractivity contribution in [3.05, 3.63) is 0 Å². The van der Waals surface area contributed by atoms with Crippen LogP contribution in [0.2, 0.25) is 0 Å². The van der Waals surface area contributed by atoms with Gasteiger partial charge in [-0.1, -0.05) is 13.8 Å². The molecule has 0 amide bonds. The Bertz CT molecular complexity index is 238. The summed E-state index contributed by atoms with van der Waals surface area (Å²) < 4.78 is 4.78. The van der Waals surface area contributed by atoms with E-state index in [4.69, 9.17) is 10.5 Å². The quantitative estimate of drug-likeness (QED) is 0.740. The first-order valence-electron chi connectivity index (χ1n) is 6.65. The van der Waals surface area contributed by atoms with Crippen LogP contribution < -0.4 is 5.73 Å². The number of hydrogen-bond donors (Lipinski definition) is 1. The monoisotopic (exact) mass is 242 g/mol. The Morgan fingerprint density at radius 2 is 2.00 bits per heavy atom. The van der Waals surface area contributed by atoms with Crippen LogP contribution in [0.3, 0.4) is 0 Å². The minimum Gasteiger partial charge on any atom is -0.469 e. The molecule has 0 aliphatic heterocycles. The molecule has 1 saturated carbocycles. The fourth-order valence-electron chi connectivity index (χ4n) is 2.63. The number of hydrogen-bond acceptors (Lipinski definition) is 4. The second-order valence-corrected chi connectivity index (χ2v) is 5.08. The SMILES string of the molecule is CCN(CC(C)C(=O)OC)C1CCC(N)CC1. The molecule has 0 heterocycles. The molecule has 1 atom stereocenters. The molecule has 0 spiro atoms. The van der Waals surface area contributed by atoms with Crippen LogP contribution >= 0.6 is 0 Å². The molecule has 0 radical (unpaired) electrons. The van der Waals surface area contributed by atoms with Crippen molar-refractivity contribution in [2.45, 2.75) is 51.6 Å². The van der Waals surface area contributed by atoms with Crippen molar-refractivity contribution in [3.8, 4) is 0 Å². The van der Waals surface area contributed by atoms with Crippen molar-refractivity contribution >= 4 is 5.97 Å². The van der Waals surface area contributed by atoms with Crippen molar-refractivity contribution in [1.29, 1.82) is 0 Å². The molecular weight excluding hydrogens is 216 g/mol. The minimum atomic E-state index is -0.115. The van der Waals surface area contributed by atoms with Gasteiger partial charge in [-0.2, -0.15) is 0 Å². The Morgan fingerprint density at radius 1 is 1.41 bits per heavy atom. The van der Waals surface area contributed by atoms with Crippen molar-refractivity contribution in [3.63, 3.8) is 0 Å². The first-order chi connectivity index (χ1) is 8.08. The highest BCUT2D eigenvalue weighted by Crippen LogP contribution is 2.22. The predicted molar refractivity (Wildman–Crippen MR) is 68.7 cm³/mol. The molecule has 0 bridgehead atoms. The average molecular weight is 242 g/mol. The number of carbonyl (C=O) groups is 1. The fourth-order valence-corrected chi connectivity index (χ4v) is 2.63. The molecule has 100 valence electrons. The number of rotatable bonds is 5. The van der Waals surface area contributed by atoms with Crippen LogP contribution in [-0.4, -0.2) is 43.2 Å². The van der Waals surface area contributed by atoms with Gasteiger partial charge in [0.1, 0.15) is 0 Å². The molecule has 1 unspecified atom stereocenters. The lowest BCUT2D eigenvalue weighted by molar-refractivity contribution is -0.145. The first kappa shape index (κ1) is 14.5. The third-order valence-corrected chi connectivity index (χ3v) is 3.78. The molecule has 0 aromatic heterocycles. The third kappa shape index (κ3) is 4.28. The van der Waals surface area contributed by atoms with E-state index in [9.17, 15) is 4.79 Å². The summed E-state index contributed by atoms with van der Waals surface area (Å²) in [6.07, 6.45) is 4.52. The Balaban J connectivity index is 2.45. The molecule has 17 heavy (non-hydrogen) atoms. The van der Waals surface area contributed by atoms with Crippen LogP contribution in [0.5, 0.6) is 0 Å². The van der Waals surface area contributed by atoms with E-state index in [0.717, 1.165) is 38.8 Å². The highest BCUT2D eigenvalue weighted by molar-refractivity contribution is 5.72. The molecule has 0 aromatic carbocycles. The summed E-state index contributed by atoms with van der Waals surface area (Å²) in [6, 6.07) is 0.967. The summed E-state index contributed by atoms with van der Waals surface area (Å²) in [5, 5.41) is 0. The van der Waals surface area contributed by atoms with Gasteiger partial charge in [0.05, 0.1) is 13.0 Å². The van der Waals surface area contributed by atoms with Crippen LogP contribution in [0.1, 0.15) is 39.5 Å². The van der Waals surface area contributed by atoms with Crippen LogP contribution in [0, 0.1) is 5.92 Å². The zero-order chi connectivity index (χ0) is 12.8. The molecule has 1 aliphatic carbocycles. The van der Waals surface area contributed by atoms with E-state index in [2.05, 4.69) is 11.8 Å². The van der Waals surface area contributed by atoms with Gasteiger partial charge in [-0.3, -0.25) is 9.69 Å². The summed E-state index contributed by atoms with van der Waals surface area (Å²) in [5.41, 5.74) is 5.92. The van der Waals surface area contributed by atoms with Gasteiger partial charge < -0.3 is 10.5 Å². The number of nitrogens with zero attached hydrogens (tertiary/aromatic N) is 1. The lowest BCUT2D eigenvalue weighted by Crippen LogP contribution is -2.43. The average Bonchev–Trinajstić information content (AvgIpc) is 2.35. The second kappa shape index (κ2) is 6.97. The van der Waals surface area contributed by atoms with Crippen molar-refractivity contribution in [2.75, 3.05) is 20.2 Å². The van der Waals surface area contributed by atoms with Crippen LogP contribution in [-0.2, 0) is 9.53 Å². The standard InChI is InChI=1S/C13H26N2O2/c1-4-15(9-10(2)13(16)17-3)12-7-5-11(14)6-8-12/h10-12H,4-9,14H2,1-3H3. The number of methoxy groups -OCH3 is 1. The van der Waals surface area contributed by atoms with Crippen molar-refractivity contribution in [1.82, 2.24) is 4.90 Å². The van der Waals surface area contributed by atoms with Crippen LogP contribution in [0.25, 0.3) is 0 Å². The smallest absolute Gasteiger partial charge is 0.309 e. The molecule has 4 heteroatoms.